The van der Waals surface area contributed by atoms with Crippen LogP contribution in [0.4, 0.5) is 5.82 Å². The molecule has 1 rings (SSSR count). The molecule has 0 saturated heterocycles. The fourth-order valence-corrected chi connectivity index (χ4v) is 0.884. The summed E-state index contributed by atoms with van der Waals surface area (Å²) >= 11 is 5.68. The molecule has 3 nitrogen and oxygen atoms in total. The molecule has 4 heteroatoms. The van der Waals surface area contributed by atoms with E-state index in [-0.39, 0.29) is 5.82 Å². The SMILES string of the molecule is CCc1ncnc([NH])c1Cl. The van der Waals surface area contributed by atoms with Gasteiger partial charge in [0.05, 0.1) is 5.69 Å². The lowest BCUT2D eigenvalue weighted by molar-refractivity contribution is 0.993. The molecule has 1 aromatic rings. The van der Waals surface area contributed by atoms with Crippen molar-refractivity contribution in [2.24, 2.45) is 0 Å². The van der Waals surface area contributed by atoms with Gasteiger partial charge in [0.1, 0.15) is 11.3 Å². The van der Waals surface area contributed by atoms with Gasteiger partial charge in [-0.15, -0.1) is 0 Å². The summed E-state index contributed by atoms with van der Waals surface area (Å²) in [6, 6.07) is 0. The molecule has 1 N–H and O–H groups in total. The van der Waals surface area contributed by atoms with Gasteiger partial charge in [-0.25, -0.2) is 9.97 Å². The van der Waals surface area contributed by atoms with Crippen LogP contribution in [-0.4, -0.2) is 9.97 Å². The summed E-state index contributed by atoms with van der Waals surface area (Å²) in [5, 5.41) is 0.366. The van der Waals surface area contributed by atoms with E-state index in [2.05, 4.69) is 9.97 Å². The van der Waals surface area contributed by atoms with Crippen molar-refractivity contribution in [2.75, 3.05) is 0 Å². The zero-order chi connectivity index (χ0) is 7.56. The Bertz CT molecular complexity index is 236. The van der Waals surface area contributed by atoms with Gasteiger partial charge in [-0.05, 0) is 6.42 Å². The largest absolute Gasteiger partial charge is 0.282 e. The van der Waals surface area contributed by atoms with Gasteiger partial charge in [-0.1, -0.05) is 18.5 Å². The Labute approximate surface area is 64.2 Å². The predicted molar refractivity (Wildman–Crippen MR) is 39.2 cm³/mol. The molecule has 1 heterocycles. The summed E-state index contributed by atoms with van der Waals surface area (Å²) in [7, 11) is 0. The zero-order valence-electron chi connectivity index (χ0n) is 5.56. The Hall–Kier alpha value is -0.830. The number of halogens is 1. The summed E-state index contributed by atoms with van der Waals surface area (Å²) in [5.41, 5.74) is 7.92. The predicted octanol–water partition coefficient (Wildman–Crippen LogP) is 1.61. The van der Waals surface area contributed by atoms with Crippen LogP contribution in [0.5, 0.6) is 0 Å². The molecule has 0 atom stereocenters. The minimum Gasteiger partial charge on any atom is -0.282 e. The smallest absolute Gasteiger partial charge is 0.166 e. The molecule has 0 bridgehead atoms. The van der Waals surface area contributed by atoms with E-state index in [1.54, 1.807) is 0 Å². The maximum absolute atomic E-state index is 7.18. The number of nitrogens with zero attached hydrogens (tertiary/aromatic N) is 2. The molecule has 0 aliphatic rings. The van der Waals surface area contributed by atoms with Crippen molar-refractivity contribution in [3.63, 3.8) is 0 Å². The molecule has 0 amide bonds. The summed E-state index contributed by atoms with van der Waals surface area (Å²) in [6.45, 7) is 1.94. The molecule has 0 aromatic carbocycles. The maximum atomic E-state index is 7.18. The Morgan fingerprint density at radius 1 is 1.60 bits per heavy atom. The van der Waals surface area contributed by atoms with Crippen LogP contribution in [0.15, 0.2) is 6.33 Å². The van der Waals surface area contributed by atoms with E-state index in [0.717, 1.165) is 12.1 Å². The number of aromatic nitrogens is 2. The molecule has 0 aliphatic carbocycles. The van der Waals surface area contributed by atoms with Gasteiger partial charge in [0.2, 0.25) is 0 Å². The molecular formula is C6H7ClN3. The molecular weight excluding hydrogens is 150 g/mol. The van der Waals surface area contributed by atoms with Crippen LogP contribution in [0.25, 0.3) is 0 Å². The van der Waals surface area contributed by atoms with Crippen LogP contribution >= 0.6 is 11.6 Å². The summed E-state index contributed by atoms with van der Waals surface area (Å²) in [5.74, 6) is 0.105. The highest BCUT2D eigenvalue weighted by Crippen LogP contribution is 2.19. The summed E-state index contributed by atoms with van der Waals surface area (Å²) in [4.78, 5) is 7.51. The van der Waals surface area contributed by atoms with E-state index in [4.69, 9.17) is 17.3 Å². The molecule has 0 unspecified atom stereocenters. The maximum Gasteiger partial charge on any atom is 0.166 e. The average Bonchev–Trinajstić information content (AvgIpc) is 1.95. The van der Waals surface area contributed by atoms with Crippen LogP contribution in [0.1, 0.15) is 12.6 Å². The zero-order valence-corrected chi connectivity index (χ0v) is 6.31. The number of hydrogen-bond donors (Lipinski definition) is 0. The first-order chi connectivity index (χ1) is 4.75. The third-order valence-electron chi connectivity index (χ3n) is 1.20. The minimum absolute atomic E-state index is 0.105. The lowest BCUT2D eigenvalue weighted by Crippen LogP contribution is -1.91. The fourth-order valence-electron chi connectivity index (χ4n) is 0.653. The van der Waals surface area contributed by atoms with Gasteiger partial charge in [-0.3, -0.25) is 5.73 Å². The monoisotopic (exact) mass is 156 g/mol. The number of hydrogen-bond acceptors (Lipinski definition) is 2. The highest BCUT2D eigenvalue weighted by Gasteiger charge is 2.02. The second-order valence-corrected chi connectivity index (χ2v) is 2.21. The Morgan fingerprint density at radius 3 is 2.80 bits per heavy atom. The third-order valence-corrected chi connectivity index (χ3v) is 1.59. The second kappa shape index (κ2) is 2.84. The van der Waals surface area contributed by atoms with Gasteiger partial charge >= 0.3 is 0 Å². The van der Waals surface area contributed by atoms with Crippen molar-refractivity contribution in [1.82, 2.24) is 15.7 Å². The Kier molecular flexibility index (Phi) is 2.06. The van der Waals surface area contributed by atoms with Gasteiger partial charge in [0.25, 0.3) is 0 Å². The van der Waals surface area contributed by atoms with Crippen LogP contribution in [-0.2, 0) is 6.42 Å². The van der Waals surface area contributed by atoms with E-state index in [0.29, 0.717) is 5.02 Å². The highest BCUT2D eigenvalue weighted by molar-refractivity contribution is 6.33. The van der Waals surface area contributed by atoms with Crippen LogP contribution in [0.3, 0.4) is 0 Å². The number of aryl methyl sites for hydroxylation is 1. The van der Waals surface area contributed by atoms with Crippen molar-refractivity contribution in [1.29, 1.82) is 0 Å². The summed E-state index contributed by atoms with van der Waals surface area (Å²) in [6.07, 6.45) is 2.10. The first kappa shape index (κ1) is 7.28. The van der Waals surface area contributed by atoms with E-state index in [9.17, 15) is 0 Å². The first-order valence-corrected chi connectivity index (χ1v) is 3.34. The molecule has 10 heavy (non-hydrogen) atoms. The van der Waals surface area contributed by atoms with Crippen molar-refractivity contribution < 1.29 is 0 Å². The standard InChI is InChI=1S/C6H7ClN3/c1-2-4-5(7)6(8)10-3-9-4/h3,8H,2H2,1H3. The second-order valence-electron chi connectivity index (χ2n) is 1.84. The van der Waals surface area contributed by atoms with Crippen molar-refractivity contribution in [3.8, 4) is 0 Å². The minimum atomic E-state index is 0.105. The molecule has 1 aromatic heterocycles. The lowest BCUT2D eigenvalue weighted by atomic mass is 10.3. The molecule has 0 aliphatic heterocycles. The van der Waals surface area contributed by atoms with Gasteiger partial charge in [-0.2, -0.15) is 0 Å². The highest BCUT2D eigenvalue weighted by atomic mass is 35.5. The van der Waals surface area contributed by atoms with Crippen molar-refractivity contribution in [3.05, 3.63) is 17.0 Å². The van der Waals surface area contributed by atoms with Gasteiger partial charge in [0, 0.05) is 0 Å². The topological polar surface area (TPSA) is 49.6 Å². The molecule has 0 saturated carbocycles. The molecule has 1 radical (unpaired) electrons. The van der Waals surface area contributed by atoms with Gasteiger partial charge < -0.3 is 0 Å². The molecule has 53 valence electrons. The molecule has 0 spiro atoms. The van der Waals surface area contributed by atoms with Crippen molar-refractivity contribution in [2.45, 2.75) is 13.3 Å². The van der Waals surface area contributed by atoms with Crippen molar-refractivity contribution >= 4 is 17.4 Å². The van der Waals surface area contributed by atoms with Crippen LogP contribution < -0.4 is 5.73 Å². The fraction of sp³-hybridized carbons (Fsp3) is 0.333. The molecule has 0 fully saturated rings. The van der Waals surface area contributed by atoms with E-state index in [1.165, 1.54) is 6.33 Å². The van der Waals surface area contributed by atoms with Crippen LogP contribution in [0, 0.1) is 0 Å². The lowest BCUT2D eigenvalue weighted by Gasteiger charge is -1.98. The van der Waals surface area contributed by atoms with E-state index >= 15 is 0 Å². The first-order valence-electron chi connectivity index (χ1n) is 2.96. The number of rotatable bonds is 1. The number of nitrogens with one attached hydrogen (secondary N) is 1. The third kappa shape index (κ3) is 1.19. The van der Waals surface area contributed by atoms with E-state index in [1.807, 2.05) is 6.92 Å². The van der Waals surface area contributed by atoms with Crippen LogP contribution in [0.2, 0.25) is 5.02 Å². The Balaban J connectivity index is 3.14. The summed E-state index contributed by atoms with van der Waals surface area (Å²) < 4.78 is 0. The van der Waals surface area contributed by atoms with Gasteiger partial charge in [0.15, 0.2) is 5.82 Å². The normalized spacial score (nSPS) is 9.80. The van der Waals surface area contributed by atoms with E-state index < -0.39 is 0 Å². The quantitative estimate of drug-likeness (QED) is 0.620. The average molecular weight is 157 g/mol. The Morgan fingerprint density at radius 2 is 2.30 bits per heavy atom.